The fourth-order valence-corrected chi connectivity index (χ4v) is 5.12. The third kappa shape index (κ3) is 4.70. The standard InChI is InChI=1S/C25H27N5O3S/c1-32-20-10-8-18(9-11-20)22-16-30-24(27-22)34-25(28-30)29-12-4-6-19(15-29)23(31)26-14-17-5-3-7-21(13-17)33-2/h3,5,7-11,13,16,19H,4,6,12,14-15H2,1-2H3,(H,26,31)/t19-/m1/s1. The number of hydrogen-bond acceptors (Lipinski definition) is 7. The average molecular weight is 478 g/mol. The number of rotatable bonds is 7. The summed E-state index contributed by atoms with van der Waals surface area (Å²) in [5.74, 6) is 1.62. The lowest BCUT2D eigenvalue weighted by Crippen LogP contribution is -2.43. The second-order valence-corrected chi connectivity index (χ2v) is 9.26. The molecular weight excluding hydrogens is 450 g/mol. The van der Waals surface area contributed by atoms with E-state index in [0.717, 1.165) is 57.8 Å². The summed E-state index contributed by atoms with van der Waals surface area (Å²) >= 11 is 1.55. The molecule has 5 rings (SSSR count). The zero-order valence-corrected chi connectivity index (χ0v) is 20.0. The molecule has 1 amide bonds. The number of aromatic nitrogens is 3. The van der Waals surface area contributed by atoms with Crippen molar-refractivity contribution in [2.24, 2.45) is 5.92 Å². The summed E-state index contributed by atoms with van der Waals surface area (Å²) in [5.41, 5.74) is 2.92. The van der Waals surface area contributed by atoms with Crippen molar-refractivity contribution in [3.63, 3.8) is 0 Å². The Morgan fingerprint density at radius 1 is 1.15 bits per heavy atom. The Morgan fingerprint density at radius 2 is 1.97 bits per heavy atom. The smallest absolute Gasteiger partial charge is 0.225 e. The molecule has 0 radical (unpaired) electrons. The number of imidazole rings is 1. The summed E-state index contributed by atoms with van der Waals surface area (Å²) in [5, 5.41) is 8.73. The Balaban J connectivity index is 1.23. The molecular formula is C25H27N5O3S. The largest absolute Gasteiger partial charge is 0.497 e. The number of piperidine rings is 1. The second-order valence-electron chi connectivity index (χ2n) is 8.32. The van der Waals surface area contributed by atoms with Gasteiger partial charge >= 0.3 is 0 Å². The summed E-state index contributed by atoms with van der Waals surface area (Å²) < 4.78 is 12.3. The maximum absolute atomic E-state index is 12.9. The molecule has 0 unspecified atom stereocenters. The van der Waals surface area contributed by atoms with Crippen LogP contribution in [-0.4, -0.2) is 47.8 Å². The Bertz CT molecular complexity index is 1250. The molecule has 0 bridgehead atoms. The second kappa shape index (κ2) is 9.72. The number of ether oxygens (including phenoxy) is 2. The van der Waals surface area contributed by atoms with Crippen LogP contribution in [-0.2, 0) is 11.3 Å². The maximum Gasteiger partial charge on any atom is 0.225 e. The molecule has 4 aromatic rings. The molecule has 1 saturated heterocycles. The molecule has 9 heteroatoms. The van der Waals surface area contributed by atoms with Crippen LogP contribution in [0.2, 0.25) is 0 Å². The van der Waals surface area contributed by atoms with Crippen LogP contribution in [0.5, 0.6) is 11.5 Å². The molecule has 2 aromatic carbocycles. The zero-order valence-electron chi connectivity index (χ0n) is 19.2. The first-order chi connectivity index (χ1) is 16.6. The number of fused-ring (bicyclic) bond motifs is 1. The van der Waals surface area contributed by atoms with Gasteiger partial charge in [-0.05, 0) is 54.8 Å². The number of hydrogen-bond donors (Lipinski definition) is 1. The molecule has 0 saturated carbocycles. The number of carbonyl (C=O) groups excluding carboxylic acids is 1. The van der Waals surface area contributed by atoms with Crippen LogP contribution in [0.15, 0.2) is 54.7 Å². The molecule has 2 aromatic heterocycles. The van der Waals surface area contributed by atoms with Gasteiger partial charge in [0.05, 0.1) is 32.0 Å². The zero-order chi connectivity index (χ0) is 23.5. The third-order valence-corrected chi connectivity index (χ3v) is 7.07. The van der Waals surface area contributed by atoms with Gasteiger partial charge in [0.15, 0.2) is 0 Å². The molecule has 1 atom stereocenters. The van der Waals surface area contributed by atoms with Crippen LogP contribution in [0.3, 0.4) is 0 Å². The summed E-state index contributed by atoms with van der Waals surface area (Å²) in [6.07, 6.45) is 3.78. The van der Waals surface area contributed by atoms with Crippen molar-refractivity contribution in [1.29, 1.82) is 0 Å². The van der Waals surface area contributed by atoms with E-state index in [4.69, 9.17) is 19.6 Å². The van der Waals surface area contributed by atoms with Gasteiger partial charge in [0.1, 0.15) is 11.5 Å². The number of methoxy groups -OCH3 is 2. The van der Waals surface area contributed by atoms with Gasteiger partial charge in [0, 0.05) is 25.2 Å². The van der Waals surface area contributed by atoms with Crippen molar-refractivity contribution in [3.8, 4) is 22.8 Å². The van der Waals surface area contributed by atoms with Gasteiger partial charge in [-0.3, -0.25) is 4.79 Å². The molecule has 0 spiro atoms. The van der Waals surface area contributed by atoms with Gasteiger partial charge in [-0.2, -0.15) is 0 Å². The monoisotopic (exact) mass is 477 g/mol. The lowest BCUT2D eigenvalue weighted by atomic mass is 9.97. The van der Waals surface area contributed by atoms with E-state index in [9.17, 15) is 4.79 Å². The first-order valence-electron chi connectivity index (χ1n) is 11.3. The average Bonchev–Trinajstić information content (AvgIpc) is 3.47. The number of anilines is 1. The molecule has 1 fully saturated rings. The molecule has 34 heavy (non-hydrogen) atoms. The van der Waals surface area contributed by atoms with Crippen LogP contribution < -0.4 is 19.7 Å². The van der Waals surface area contributed by atoms with Crippen LogP contribution in [0, 0.1) is 5.92 Å². The number of nitrogens with one attached hydrogen (secondary N) is 1. The van der Waals surface area contributed by atoms with Gasteiger partial charge in [0.2, 0.25) is 16.0 Å². The minimum atomic E-state index is -0.0644. The predicted octanol–water partition coefficient (Wildman–Crippen LogP) is 4.01. The van der Waals surface area contributed by atoms with E-state index in [1.54, 1.807) is 25.6 Å². The van der Waals surface area contributed by atoms with Crippen molar-refractivity contribution >= 4 is 27.3 Å². The minimum absolute atomic E-state index is 0.0644. The van der Waals surface area contributed by atoms with Crippen LogP contribution >= 0.6 is 11.3 Å². The van der Waals surface area contributed by atoms with Gasteiger partial charge in [-0.1, -0.05) is 23.5 Å². The molecule has 8 nitrogen and oxygen atoms in total. The van der Waals surface area contributed by atoms with Crippen molar-refractivity contribution in [2.45, 2.75) is 19.4 Å². The normalized spacial score (nSPS) is 15.9. The lowest BCUT2D eigenvalue weighted by Gasteiger charge is -2.31. The minimum Gasteiger partial charge on any atom is -0.497 e. The SMILES string of the molecule is COc1ccc(-c2cn3nc(N4CCC[C@@H](C(=O)NCc5cccc(OC)c5)C4)sc3n2)cc1. The quantitative estimate of drug-likeness (QED) is 0.433. The number of amides is 1. The van der Waals surface area contributed by atoms with Crippen molar-refractivity contribution in [2.75, 3.05) is 32.2 Å². The summed E-state index contributed by atoms with van der Waals surface area (Å²) in [4.78, 5) is 20.6. The van der Waals surface area contributed by atoms with Crippen LogP contribution in [0.4, 0.5) is 5.13 Å². The van der Waals surface area contributed by atoms with E-state index in [1.165, 1.54) is 0 Å². The number of benzene rings is 2. The Labute approximate surface area is 202 Å². The summed E-state index contributed by atoms with van der Waals surface area (Å²) in [6, 6.07) is 15.6. The predicted molar refractivity (Wildman–Crippen MR) is 133 cm³/mol. The fraction of sp³-hybridized carbons (Fsp3) is 0.320. The van der Waals surface area contributed by atoms with Crippen LogP contribution in [0.1, 0.15) is 18.4 Å². The highest BCUT2D eigenvalue weighted by Crippen LogP contribution is 2.30. The lowest BCUT2D eigenvalue weighted by molar-refractivity contribution is -0.125. The van der Waals surface area contributed by atoms with E-state index < -0.39 is 0 Å². The van der Waals surface area contributed by atoms with Crippen LogP contribution in [0.25, 0.3) is 16.2 Å². The molecule has 3 heterocycles. The van der Waals surface area contributed by atoms with Crippen molar-refractivity contribution < 1.29 is 14.3 Å². The first-order valence-corrected chi connectivity index (χ1v) is 12.1. The molecule has 176 valence electrons. The highest BCUT2D eigenvalue weighted by Gasteiger charge is 2.28. The van der Waals surface area contributed by atoms with Crippen molar-refractivity contribution in [1.82, 2.24) is 19.9 Å². The Hall–Kier alpha value is -3.59. The topological polar surface area (TPSA) is 81.0 Å². The highest BCUT2D eigenvalue weighted by molar-refractivity contribution is 7.20. The van der Waals surface area contributed by atoms with Gasteiger partial charge < -0.3 is 19.7 Å². The number of carbonyl (C=O) groups is 1. The molecule has 1 aliphatic rings. The van der Waals surface area contributed by atoms with Crippen molar-refractivity contribution in [3.05, 3.63) is 60.3 Å². The summed E-state index contributed by atoms with van der Waals surface area (Å²) in [6.45, 7) is 2.04. The van der Waals surface area contributed by atoms with E-state index in [1.807, 2.05) is 59.2 Å². The van der Waals surface area contributed by atoms with E-state index >= 15 is 0 Å². The maximum atomic E-state index is 12.9. The molecule has 1 N–H and O–H groups in total. The first kappa shape index (κ1) is 22.2. The Morgan fingerprint density at radius 3 is 2.74 bits per heavy atom. The highest BCUT2D eigenvalue weighted by atomic mass is 32.1. The fourth-order valence-electron chi connectivity index (χ4n) is 4.20. The van der Waals surface area contributed by atoms with E-state index in [-0.39, 0.29) is 11.8 Å². The van der Waals surface area contributed by atoms with Gasteiger partial charge in [-0.25, -0.2) is 9.50 Å². The summed E-state index contributed by atoms with van der Waals surface area (Å²) in [7, 11) is 3.30. The van der Waals surface area contributed by atoms with Gasteiger partial charge in [0.25, 0.3) is 0 Å². The Kier molecular flexibility index (Phi) is 6.35. The molecule has 0 aliphatic carbocycles. The molecule has 1 aliphatic heterocycles. The van der Waals surface area contributed by atoms with Gasteiger partial charge in [-0.15, -0.1) is 5.10 Å². The van der Waals surface area contributed by atoms with E-state index in [2.05, 4.69) is 10.2 Å². The third-order valence-electron chi connectivity index (χ3n) is 6.08. The number of nitrogens with zero attached hydrogens (tertiary/aromatic N) is 4. The van der Waals surface area contributed by atoms with E-state index in [0.29, 0.717) is 13.1 Å².